The van der Waals surface area contributed by atoms with Gasteiger partial charge >= 0.3 is 116 Å². The molecule has 0 rings (SSSR count). The fraction of sp³-hybridized carbons (Fsp3) is 1.00. The van der Waals surface area contributed by atoms with Gasteiger partial charge in [-0.15, -0.1) is 0 Å². The monoisotopic (exact) mass is 368 g/mol. The molecule has 0 aromatic heterocycles. The molecule has 0 aliphatic carbocycles. The van der Waals surface area contributed by atoms with E-state index in [1.165, 1.54) is 51.8 Å². The van der Waals surface area contributed by atoms with Crippen molar-refractivity contribution in [2.75, 3.05) is 10.0 Å². The van der Waals surface area contributed by atoms with Gasteiger partial charge in [0, 0.05) is 0 Å². The molecule has 0 aliphatic heterocycles. The van der Waals surface area contributed by atoms with Gasteiger partial charge in [0.1, 0.15) is 0 Å². The van der Waals surface area contributed by atoms with Gasteiger partial charge in [-0.2, -0.15) is 0 Å². The summed E-state index contributed by atoms with van der Waals surface area (Å²) < 4.78 is 17.3. The fourth-order valence-corrected chi connectivity index (χ4v) is 26.7. The van der Waals surface area contributed by atoms with E-state index in [1.54, 1.807) is 0 Å². The van der Waals surface area contributed by atoms with Crippen LogP contribution in [0.2, 0.25) is 13.3 Å². The van der Waals surface area contributed by atoms with E-state index >= 15 is 0 Å². The van der Waals surface area contributed by atoms with Crippen molar-refractivity contribution >= 4 is 29.2 Å². The van der Waals surface area contributed by atoms with E-state index in [0.29, 0.717) is 0 Å². The third-order valence-corrected chi connectivity index (χ3v) is 25.5. The molecule has 0 heterocycles. The van der Waals surface area contributed by atoms with Crippen molar-refractivity contribution in [1.82, 2.24) is 0 Å². The molecule has 0 N–H and O–H groups in total. The Labute approximate surface area is 115 Å². The molecule has 0 saturated carbocycles. The zero-order chi connectivity index (χ0) is 13.1. The van der Waals surface area contributed by atoms with E-state index in [-0.39, 0.29) is 0 Å². The van der Waals surface area contributed by atoms with Crippen molar-refractivity contribution in [3.63, 3.8) is 0 Å². The standard InChI is InChI=1S/3C4H9.C2H5OS.Sn/c3*1-3-4-2;1-4(2)3;/h3*1,3-4H2,2H3;1H2,2H3;. The maximum absolute atomic E-state index is 11.7. The van der Waals surface area contributed by atoms with Gasteiger partial charge in [-0.1, -0.05) is 0 Å². The van der Waals surface area contributed by atoms with Crippen LogP contribution in [0, 0.1) is 0 Å². The minimum atomic E-state index is -2.04. The van der Waals surface area contributed by atoms with Crippen LogP contribution < -0.4 is 0 Å². The Morgan fingerprint density at radius 3 is 1.41 bits per heavy atom. The van der Waals surface area contributed by atoms with E-state index in [9.17, 15) is 4.21 Å². The quantitative estimate of drug-likeness (QED) is 0.482. The molecule has 104 valence electrons. The summed E-state index contributed by atoms with van der Waals surface area (Å²) in [5, 5.41) is 0. The topological polar surface area (TPSA) is 17.1 Å². The summed E-state index contributed by atoms with van der Waals surface area (Å²) in [4.78, 5) is 0. The normalized spacial score (nSPS) is 13.9. The van der Waals surface area contributed by atoms with Crippen molar-refractivity contribution in [3.05, 3.63) is 0 Å². The van der Waals surface area contributed by atoms with Gasteiger partial charge in [-0.25, -0.2) is 0 Å². The Hall–Kier alpha value is 0.949. The molecular formula is C14H32OSSn. The summed E-state index contributed by atoms with van der Waals surface area (Å²) >= 11 is -2.04. The van der Waals surface area contributed by atoms with E-state index in [0.717, 1.165) is 3.77 Å². The van der Waals surface area contributed by atoms with Gasteiger partial charge in [0.15, 0.2) is 0 Å². The third kappa shape index (κ3) is 8.63. The summed E-state index contributed by atoms with van der Waals surface area (Å²) in [6.45, 7) is 6.87. The van der Waals surface area contributed by atoms with Gasteiger partial charge < -0.3 is 0 Å². The average molecular weight is 367 g/mol. The third-order valence-electron chi connectivity index (χ3n) is 3.69. The average Bonchev–Trinajstić information content (AvgIpc) is 2.30. The van der Waals surface area contributed by atoms with Crippen molar-refractivity contribution in [2.45, 2.75) is 72.6 Å². The van der Waals surface area contributed by atoms with E-state index in [2.05, 4.69) is 20.8 Å². The van der Waals surface area contributed by atoms with E-state index < -0.39 is 29.2 Å². The van der Waals surface area contributed by atoms with E-state index in [1.807, 2.05) is 6.26 Å². The predicted molar refractivity (Wildman–Crippen MR) is 83.8 cm³/mol. The van der Waals surface area contributed by atoms with Crippen LogP contribution in [0.1, 0.15) is 59.3 Å². The second-order valence-electron chi connectivity index (χ2n) is 5.53. The molecule has 1 atom stereocenters. The van der Waals surface area contributed by atoms with Crippen LogP contribution >= 0.6 is 0 Å². The molecule has 0 aliphatic rings. The van der Waals surface area contributed by atoms with Crippen molar-refractivity contribution in [1.29, 1.82) is 0 Å². The molecule has 1 unspecified atom stereocenters. The Balaban J connectivity index is 4.56. The summed E-state index contributed by atoms with van der Waals surface area (Å²) in [7, 11) is -0.552. The first-order valence-corrected chi connectivity index (χ1v) is 17.2. The first-order chi connectivity index (χ1) is 8.10. The minimum absolute atomic E-state index is 0.552. The van der Waals surface area contributed by atoms with Gasteiger partial charge in [0.2, 0.25) is 0 Å². The zero-order valence-corrected chi connectivity index (χ0v) is 16.1. The molecule has 0 aromatic carbocycles. The summed E-state index contributed by atoms with van der Waals surface area (Å²) in [5.74, 6) is 0. The molecule has 0 radical (unpaired) electrons. The maximum atomic E-state index is 11.7. The van der Waals surface area contributed by atoms with Gasteiger partial charge in [-0.3, -0.25) is 0 Å². The van der Waals surface area contributed by atoms with Crippen LogP contribution in [0.4, 0.5) is 0 Å². The number of hydrogen-bond acceptors (Lipinski definition) is 1. The molecule has 0 saturated heterocycles. The fourth-order valence-electron chi connectivity index (χ4n) is 2.68. The number of unbranched alkanes of at least 4 members (excludes halogenated alkanes) is 3. The first-order valence-electron chi connectivity index (χ1n) is 7.40. The van der Waals surface area contributed by atoms with Crippen molar-refractivity contribution in [2.24, 2.45) is 0 Å². The Morgan fingerprint density at radius 2 is 1.18 bits per heavy atom. The van der Waals surface area contributed by atoms with Gasteiger partial charge in [0.05, 0.1) is 0 Å². The van der Waals surface area contributed by atoms with Crippen LogP contribution in [0.15, 0.2) is 0 Å². The van der Waals surface area contributed by atoms with Crippen LogP contribution in [-0.4, -0.2) is 32.6 Å². The Kier molecular flexibility index (Phi) is 11.4. The Bertz CT molecular complexity index is 185. The first kappa shape index (κ1) is 17.9. The van der Waals surface area contributed by atoms with Crippen molar-refractivity contribution in [3.8, 4) is 0 Å². The molecule has 0 fully saturated rings. The second-order valence-corrected chi connectivity index (χ2v) is 22.3. The van der Waals surface area contributed by atoms with Gasteiger partial charge in [-0.05, 0) is 0 Å². The second kappa shape index (κ2) is 10.8. The van der Waals surface area contributed by atoms with Crippen LogP contribution in [0.3, 0.4) is 0 Å². The van der Waals surface area contributed by atoms with Crippen LogP contribution in [-0.2, 0) is 10.8 Å². The molecule has 0 bridgehead atoms. The molecule has 17 heavy (non-hydrogen) atoms. The molecule has 1 nitrogen and oxygen atoms in total. The molecule has 0 spiro atoms. The summed E-state index contributed by atoms with van der Waals surface area (Å²) in [6, 6.07) is 0. The summed E-state index contributed by atoms with van der Waals surface area (Å²) in [5.41, 5.74) is 0. The van der Waals surface area contributed by atoms with Gasteiger partial charge in [0.25, 0.3) is 0 Å². The van der Waals surface area contributed by atoms with E-state index in [4.69, 9.17) is 0 Å². The Morgan fingerprint density at radius 1 is 0.824 bits per heavy atom. The number of hydrogen-bond donors (Lipinski definition) is 0. The molecular weight excluding hydrogens is 335 g/mol. The van der Waals surface area contributed by atoms with Crippen molar-refractivity contribution < 1.29 is 4.21 Å². The van der Waals surface area contributed by atoms with Crippen LogP contribution in [0.5, 0.6) is 0 Å². The zero-order valence-electron chi connectivity index (χ0n) is 12.4. The van der Waals surface area contributed by atoms with Crippen LogP contribution in [0.25, 0.3) is 0 Å². The molecule has 0 amide bonds. The SMILES string of the molecule is CCC[CH2][Sn]([CH2]CCC)([CH2]CCC)[CH2]S(C)=O. The number of rotatable bonds is 11. The molecule has 3 heteroatoms. The predicted octanol–water partition coefficient (Wildman–Crippen LogP) is 4.75. The summed E-state index contributed by atoms with van der Waals surface area (Å²) in [6.07, 6.45) is 10.0. The molecule has 0 aromatic rings.